The van der Waals surface area contributed by atoms with Crippen molar-refractivity contribution in [1.82, 2.24) is 0 Å². The summed E-state index contributed by atoms with van der Waals surface area (Å²) in [5.41, 5.74) is 1.80. The van der Waals surface area contributed by atoms with Gasteiger partial charge in [0.1, 0.15) is 0 Å². The number of imide groups is 2. The fourth-order valence-corrected chi connectivity index (χ4v) is 7.87. The number of ether oxygens (including phenoxy) is 1. The molecule has 4 aliphatic rings. The third kappa shape index (κ3) is 4.50. The summed E-state index contributed by atoms with van der Waals surface area (Å²) in [5, 5.41) is 29.0. The second kappa shape index (κ2) is 10.9. The van der Waals surface area contributed by atoms with Gasteiger partial charge < -0.3 is 20.1 Å². The number of rotatable bonds is 6. The number of fused-ring (bicyclic) bond motifs is 4. The fraction of sp³-hybridized carbons (Fsp3) is 0.257. The number of phenols is 1. The van der Waals surface area contributed by atoms with E-state index in [1.54, 1.807) is 12.1 Å². The van der Waals surface area contributed by atoms with E-state index in [1.807, 2.05) is 6.08 Å². The molecule has 6 atom stereocenters. The number of carboxylic acid groups (broad SMARTS) is 2. The number of benzene rings is 3. The van der Waals surface area contributed by atoms with Crippen molar-refractivity contribution >= 4 is 46.9 Å². The molecular weight excluding hydrogens is 608 g/mol. The van der Waals surface area contributed by atoms with Gasteiger partial charge in [-0.15, -0.1) is 0 Å². The molecule has 3 N–H and O–H groups in total. The number of carboxylic acids is 2. The maximum atomic E-state index is 14.2. The Morgan fingerprint density at radius 3 is 1.77 bits per heavy atom. The Labute approximate surface area is 267 Å². The highest BCUT2D eigenvalue weighted by atomic mass is 16.5. The number of amides is 4. The molecule has 0 radical (unpaired) electrons. The molecule has 2 heterocycles. The number of nitrogens with zero attached hydrogens (tertiary/aromatic N) is 2. The summed E-state index contributed by atoms with van der Waals surface area (Å²) < 4.78 is 5.36. The number of anilines is 2. The molecule has 47 heavy (non-hydrogen) atoms. The van der Waals surface area contributed by atoms with Crippen LogP contribution in [0.2, 0.25) is 0 Å². The fourth-order valence-electron chi connectivity index (χ4n) is 7.87. The highest BCUT2D eigenvalue weighted by Gasteiger charge is 2.62. The molecule has 0 bridgehead atoms. The number of carbonyl (C=O) groups excluding carboxylic acids is 4. The molecule has 238 valence electrons. The van der Waals surface area contributed by atoms with Gasteiger partial charge in [0.15, 0.2) is 11.5 Å². The molecule has 3 aromatic rings. The van der Waals surface area contributed by atoms with Crippen LogP contribution in [0.4, 0.5) is 11.4 Å². The first-order valence-electron chi connectivity index (χ1n) is 15.0. The van der Waals surface area contributed by atoms with Crippen molar-refractivity contribution < 1.29 is 48.8 Å². The Balaban J connectivity index is 1.31. The molecule has 3 aromatic carbocycles. The van der Waals surface area contributed by atoms with E-state index in [-0.39, 0.29) is 46.8 Å². The van der Waals surface area contributed by atoms with E-state index < -0.39 is 71.1 Å². The van der Waals surface area contributed by atoms with E-state index in [2.05, 4.69) is 0 Å². The molecule has 2 aliphatic carbocycles. The van der Waals surface area contributed by atoms with Crippen molar-refractivity contribution in [3.05, 3.63) is 95.1 Å². The maximum absolute atomic E-state index is 14.2. The van der Waals surface area contributed by atoms with E-state index in [0.29, 0.717) is 5.56 Å². The minimum absolute atomic E-state index is 0.00581. The van der Waals surface area contributed by atoms with E-state index in [4.69, 9.17) is 4.74 Å². The maximum Gasteiger partial charge on any atom is 0.335 e. The Morgan fingerprint density at radius 2 is 1.23 bits per heavy atom. The normalized spacial score (nSPS) is 26.4. The van der Waals surface area contributed by atoms with Crippen molar-refractivity contribution in [2.45, 2.75) is 18.8 Å². The predicted molar refractivity (Wildman–Crippen MR) is 164 cm³/mol. The van der Waals surface area contributed by atoms with E-state index in [0.717, 1.165) is 15.4 Å². The highest BCUT2D eigenvalue weighted by Crippen LogP contribution is 2.58. The van der Waals surface area contributed by atoms with Gasteiger partial charge >= 0.3 is 11.9 Å². The van der Waals surface area contributed by atoms with Gasteiger partial charge in [-0.2, -0.15) is 0 Å². The van der Waals surface area contributed by atoms with Gasteiger partial charge in [0.25, 0.3) is 0 Å². The van der Waals surface area contributed by atoms with Gasteiger partial charge in [-0.1, -0.05) is 17.7 Å². The van der Waals surface area contributed by atoms with Crippen LogP contribution in [0.1, 0.15) is 45.0 Å². The molecule has 2 saturated heterocycles. The van der Waals surface area contributed by atoms with E-state index >= 15 is 0 Å². The van der Waals surface area contributed by atoms with Crippen LogP contribution in [0, 0.1) is 29.6 Å². The van der Waals surface area contributed by atoms with Gasteiger partial charge in [-0.25, -0.2) is 9.59 Å². The first kappa shape index (κ1) is 29.9. The Bertz CT molecular complexity index is 1920. The number of allylic oxidation sites excluding steroid dienone is 2. The Hall–Kier alpha value is -5.78. The van der Waals surface area contributed by atoms with Crippen LogP contribution < -0.4 is 14.5 Å². The van der Waals surface area contributed by atoms with Crippen molar-refractivity contribution in [2.75, 3.05) is 16.9 Å². The number of methoxy groups -OCH3 is 1. The van der Waals surface area contributed by atoms with Crippen LogP contribution in [-0.4, -0.2) is 58.0 Å². The van der Waals surface area contributed by atoms with Crippen LogP contribution in [0.25, 0.3) is 0 Å². The molecule has 4 amide bonds. The van der Waals surface area contributed by atoms with Crippen molar-refractivity contribution in [1.29, 1.82) is 0 Å². The lowest BCUT2D eigenvalue weighted by molar-refractivity contribution is -0.126. The summed E-state index contributed by atoms with van der Waals surface area (Å²) in [6, 6.07) is 15.6. The van der Waals surface area contributed by atoms with Crippen LogP contribution in [0.15, 0.2) is 78.4 Å². The Kier molecular flexibility index (Phi) is 6.96. The quantitative estimate of drug-likeness (QED) is 0.266. The molecule has 3 fully saturated rings. The average Bonchev–Trinajstić information content (AvgIpc) is 3.47. The smallest absolute Gasteiger partial charge is 0.335 e. The largest absolute Gasteiger partial charge is 0.504 e. The molecule has 0 aromatic heterocycles. The zero-order valence-electron chi connectivity index (χ0n) is 24.9. The topological polar surface area (TPSA) is 179 Å². The first-order valence-corrected chi connectivity index (χ1v) is 15.0. The van der Waals surface area contributed by atoms with Gasteiger partial charge in [0.05, 0.1) is 53.3 Å². The zero-order chi connectivity index (χ0) is 33.3. The monoisotopic (exact) mass is 636 g/mol. The molecule has 7 rings (SSSR count). The average molecular weight is 637 g/mol. The lowest BCUT2D eigenvalue weighted by Crippen LogP contribution is -2.43. The summed E-state index contributed by atoms with van der Waals surface area (Å²) in [6.07, 6.45) is 2.23. The molecule has 2 aliphatic heterocycles. The van der Waals surface area contributed by atoms with Gasteiger partial charge in [-0.05, 0) is 85.0 Å². The van der Waals surface area contributed by atoms with Crippen molar-refractivity contribution in [3.63, 3.8) is 0 Å². The highest BCUT2D eigenvalue weighted by molar-refractivity contribution is 6.24. The number of aromatic hydroxyl groups is 1. The number of hydrogen-bond acceptors (Lipinski definition) is 8. The molecule has 0 unspecified atom stereocenters. The molecule has 1 saturated carbocycles. The van der Waals surface area contributed by atoms with Crippen LogP contribution >= 0.6 is 0 Å². The van der Waals surface area contributed by atoms with E-state index in [1.165, 1.54) is 61.7 Å². The lowest BCUT2D eigenvalue weighted by atomic mass is 9.57. The first-order chi connectivity index (χ1) is 22.5. The lowest BCUT2D eigenvalue weighted by Gasteiger charge is -2.44. The van der Waals surface area contributed by atoms with Crippen molar-refractivity contribution in [3.8, 4) is 11.5 Å². The van der Waals surface area contributed by atoms with Crippen LogP contribution in [0.5, 0.6) is 11.5 Å². The molecule has 0 spiro atoms. The molecule has 12 nitrogen and oxygen atoms in total. The standard InChI is InChI=1S/C35H28N2O10/c1-47-26-14-18(6-13-25(26)38)27-21-11-12-22-28(32(41)36(30(22)39)19-7-2-16(3-8-19)34(43)44)23(21)15-24-29(27)33(42)37(31(24)40)20-9-4-17(5-10-20)35(45)46/h2-11,13-14,22-24,27-29,38H,12,15H2,1H3,(H,43,44)(H,45,46)/t22-,23+,24+,27-,28-,29+/m0/s1. The van der Waals surface area contributed by atoms with Gasteiger partial charge in [-0.3, -0.25) is 29.0 Å². The summed E-state index contributed by atoms with van der Waals surface area (Å²) >= 11 is 0. The third-order valence-electron chi connectivity index (χ3n) is 9.96. The van der Waals surface area contributed by atoms with E-state index in [9.17, 15) is 44.1 Å². The zero-order valence-corrected chi connectivity index (χ0v) is 24.9. The number of aromatic carboxylic acids is 2. The third-order valence-corrected chi connectivity index (χ3v) is 9.96. The van der Waals surface area contributed by atoms with Gasteiger partial charge in [0.2, 0.25) is 23.6 Å². The SMILES string of the molecule is COc1cc([C@H]2C3=CC[C@@H]4C(=O)N(c5ccc(C(=O)O)cc5)C(=O)[C@@H]4[C@@H]3C[C@H]3C(=O)N(c4ccc(C(=O)O)cc4)C(=O)[C@@H]23)ccc1O. The second-order valence-corrected chi connectivity index (χ2v) is 12.2. The minimum atomic E-state index is -1.15. The van der Waals surface area contributed by atoms with Crippen molar-refractivity contribution in [2.24, 2.45) is 29.6 Å². The second-order valence-electron chi connectivity index (χ2n) is 12.2. The summed E-state index contributed by atoms with van der Waals surface area (Å²) in [4.78, 5) is 81.1. The van der Waals surface area contributed by atoms with Crippen LogP contribution in [0.3, 0.4) is 0 Å². The summed E-state index contributed by atoms with van der Waals surface area (Å²) in [7, 11) is 1.39. The predicted octanol–water partition coefficient (Wildman–Crippen LogP) is 3.84. The Morgan fingerprint density at radius 1 is 0.702 bits per heavy atom. The number of carbonyl (C=O) groups is 6. The minimum Gasteiger partial charge on any atom is -0.504 e. The summed E-state index contributed by atoms with van der Waals surface area (Å²) in [6.45, 7) is 0. The molecular formula is C35H28N2O10. The van der Waals surface area contributed by atoms with Crippen LogP contribution in [-0.2, 0) is 19.2 Å². The summed E-state index contributed by atoms with van der Waals surface area (Å²) in [5.74, 6) is -8.64. The van der Waals surface area contributed by atoms with Gasteiger partial charge in [0, 0.05) is 5.92 Å². The molecule has 12 heteroatoms. The number of phenolic OH excluding ortho intramolecular Hbond substituents is 1. The number of hydrogen-bond donors (Lipinski definition) is 3.